The fraction of sp³-hybridized carbons (Fsp3) is 0.333. The molecule has 3 nitrogen and oxygen atoms in total. The maximum absolute atomic E-state index is 5.86. The lowest BCUT2D eigenvalue weighted by molar-refractivity contribution is 0.277. The largest absolute Gasteiger partial charge is 0.493 e. The molecule has 0 atom stereocenters. The molecule has 0 fully saturated rings. The number of thiophene rings is 1. The quantitative estimate of drug-likeness (QED) is 0.693. The first-order chi connectivity index (χ1) is 9.78. The lowest BCUT2D eigenvalue weighted by Gasteiger charge is -2.15. The van der Waals surface area contributed by atoms with Gasteiger partial charge < -0.3 is 14.2 Å². The van der Waals surface area contributed by atoms with Gasteiger partial charge in [0.25, 0.3) is 0 Å². The number of hydrogen-bond donors (Lipinski definition) is 0. The summed E-state index contributed by atoms with van der Waals surface area (Å²) in [4.78, 5) is 0. The van der Waals surface area contributed by atoms with Gasteiger partial charge in [-0.2, -0.15) is 11.3 Å². The van der Waals surface area contributed by atoms with Gasteiger partial charge in [-0.1, -0.05) is 15.9 Å². The maximum atomic E-state index is 5.86. The van der Waals surface area contributed by atoms with E-state index in [1.807, 2.05) is 12.1 Å². The van der Waals surface area contributed by atoms with Crippen LogP contribution in [0.15, 0.2) is 29.0 Å². The van der Waals surface area contributed by atoms with Crippen LogP contribution >= 0.6 is 27.3 Å². The summed E-state index contributed by atoms with van der Waals surface area (Å²) in [5, 5.41) is 4.95. The van der Waals surface area contributed by atoms with Gasteiger partial charge in [0, 0.05) is 11.8 Å². The average molecular weight is 357 g/mol. The molecule has 0 saturated heterocycles. The Morgan fingerprint density at radius 2 is 1.80 bits per heavy atom. The molecule has 2 rings (SSSR count). The van der Waals surface area contributed by atoms with Gasteiger partial charge in [-0.05, 0) is 40.1 Å². The van der Waals surface area contributed by atoms with Gasteiger partial charge in [0.2, 0.25) is 5.75 Å². The molecule has 0 unspecified atom stereocenters. The molecule has 108 valence electrons. The van der Waals surface area contributed by atoms with E-state index in [2.05, 4.69) is 32.8 Å². The van der Waals surface area contributed by atoms with E-state index in [4.69, 9.17) is 14.2 Å². The minimum absolute atomic E-state index is 0.594. The van der Waals surface area contributed by atoms with Gasteiger partial charge in [-0.15, -0.1) is 0 Å². The Morgan fingerprint density at radius 1 is 1.10 bits per heavy atom. The summed E-state index contributed by atoms with van der Waals surface area (Å²) in [7, 11) is 3.27. The molecular weight excluding hydrogens is 340 g/mol. The van der Waals surface area contributed by atoms with Crippen molar-refractivity contribution in [2.75, 3.05) is 20.8 Å². The van der Waals surface area contributed by atoms with Crippen molar-refractivity contribution in [3.8, 4) is 17.2 Å². The summed E-state index contributed by atoms with van der Waals surface area (Å²) in [6.45, 7) is 0.594. The minimum atomic E-state index is 0.594. The van der Waals surface area contributed by atoms with Crippen LogP contribution in [-0.4, -0.2) is 20.8 Å². The zero-order valence-corrected chi connectivity index (χ0v) is 13.9. The standard InChI is InChI=1S/C15H17BrO3S/c1-17-13-7-12(9-16)8-14(18-2)15(13)19-5-3-11-4-6-20-10-11/h4,6-8,10H,3,5,9H2,1-2H3. The number of halogens is 1. The van der Waals surface area contributed by atoms with E-state index in [0.29, 0.717) is 23.9 Å². The van der Waals surface area contributed by atoms with Crippen LogP contribution in [-0.2, 0) is 11.8 Å². The Labute approximate surface area is 131 Å². The summed E-state index contributed by atoms with van der Waals surface area (Å²) < 4.78 is 16.7. The van der Waals surface area contributed by atoms with Crippen LogP contribution in [0.25, 0.3) is 0 Å². The van der Waals surface area contributed by atoms with Crippen LogP contribution in [0.2, 0.25) is 0 Å². The molecule has 0 aliphatic heterocycles. The molecule has 1 aromatic heterocycles. The molecule has 0 saturated carbocycles. The van der Waals surface area contributed by atoms with Gasteiger partial charge in [0.1, 0.15) is 0 Å². The smallest absolute Gasteiger partial charge is 0.203 e. The number of ether oxygens (including phenoxy) is 3. The normalized spacial score (nSPS) is 10.3. The van der Waals surface area contributed by atoms with Gasteiger partial charge in [-0.3, -0.25) is 0 Å². The monoisotopic (exact) mass is 356 g/mol. The number of alkyl halides is 1. The molecule has 0 bridgehead atoms. The molecule has 5 heteroatoms. The van der Waals surface area contributed by atoms with Gasteiger partial charge in [0.15, 0.2) is 11.5 Å². The summed E-state index contributed by atoms with van der Waals surface area (Å²) in [6, 6.07) is 6.02. The van der Waals surface area contributed by atoms with Crippen molar-refractivity contribution in [3.05, 3.63) is 40.1 Å². The van der Waals surface area contributed by atoms with Crippen LogP contribution in [0.4, 0.5) is 0 Å². The first-order valence-electron chi connectivity index (χ1n) is 6.23. The van der Waals surface area contributed by atoms with Crippen molar-refractivity contribution in [1.29, 1.82) is 0 Å². The van der Waals surface area contributed by atoms with E-state index in [0.717, 1.165) is 17.3 Å². The maximum Gasteiger partial charge on any atom is 0.203 e. The number of rotatable bonds is 7. The zero-order chi connectivity index (χ0) is 14.4. The van der Waals surface area contributed by atoms with Crippen molar-refractivity contribution in [1.82, 2.24) is 0 Å². The van der Waals surface area contributed by atoms with Crippen molar-refractivity contribution in [3.63, 3.8) is 0 Å². The Kier molecular flexibility index (Phi) is 5.73. The minimum Gasteiger partial charge on any atom is -0.493 e. The van der Waals surface area contributed by atoms with E-state index in [1.54, 1.807) is 25.6 Å². The van der Waals surface area contributed by atoms with Crippen molar-refractivity contribution >= 4 is 27.3 Å². The predicted octanol–water partition coefficient (Wildman–Crippen LogP) is 4.28. The van der Waals surface area contributed by atoms with E-state index in [-0.39, 0.29) is 0 Å². The van der Waals surface area contributed by atoms with Gasteiger partial charge in [-0.25, -0.2) is 0 Å². The predicted molar refractivity (Wildman–Crippen MR) is 85.7 cm³/mol. The lowest BCUT2D eigenvalue weighted by atomic mass is 10.2. The Bertz CT molecular complexity index is 515. The van der Waals surface area contributed by atoms with Crippen LogP contribution in [0.3, 0.4) is 0 Å². The van der Waals surface area contributed by atoms with Gasteiger partial charge in [0.05, 0.1) is 20.8 Å². The molecular formula is C15H17BrO3S. The second-order valence-corrected chi connectivity index (χ2v) is 5.53. The second-order valence-electron chi connectivity index (χ2n) is 4.19. The third kappa shape index (κ3) is 3.67. The molecule has 0 N–H and O–H groups in total. The molecule has 0 radical (unpaired) electrons. The Hall–Kier alpha value is -1.20. The van der Waals surface area contributed by atoms with E-state index < -0.39 is 0 Å². The molecule has 2 aromatic rings. The van der Waals surface area contributed by atoms with E-state index in [1.165, 1.54) is 5.56 Å². The molecule has 0 aliphatic rings. The third-order valence-electron chi connectivity index (χ3n) is 2.89. The van der Waals surface area contributed by atoms with Crippen LogP contribution in [0, 0.1) is 0 Å². The SMILES string of the molecule is COc1cc(CBr)cc(OC)c1OCCc1ccsc1. The first-order valence-corrected chi connectivity index (χ1v) is 8.29. The third-order valence-corrected chi connectivity index (χ3v) is 4.27. The van der Waals surface area contributed by atoms with Gasteiger partial charge >= 0.3 is 0 Å². The van der Waals surface area contributed by atoms with Crippen molar-refractivity contribution in [2.45, 2.75) is 11.8 Å². The Balaban J connectivity index is 2.12. The van der Waals surface area contributed by atoms with E-state index in [9.17, 15) is 0 Å². The highest BCUT2D eigenvalue weighted by Gasteiger charge is 2.13. The molecule has 1 heterocycles. The van der Waals surface area contributed by atoms with Crippen molar-refractivity contribution < 1.29 is 14.2 Å². The molecule has 0 aliphatic carbocycles. The first kappa shape index (κ1) is 15.2. The van der Waals surface area contributed by atoms with Crippen LogP contribution in [0.5, 0.6) is 17.2 Å². The van der Waals surface area contributed by atoms with Crippen LogP contribution in [0.1, 0.15) is 11.1 Å². The number of hydrogen-bond acceptors (Lipinski definition) is 4. The van der Waals surface area contributed by atoms with Crippen molar-refractivity contribution in [2.24, 2.45) is 0 Å². The highest BCUT2D eigenvalue weighted by molar-refractivity contribution is 9.08. The van der Waals surface area contributed by atoms with E-state index >= 15 is 0 Å². The molecule has 1 aromatic carbocycles. The molecule has 20 heavy (non-hydrogen) atoms. The second kappa shape index (κ2) is 7.55. The summed E-state index contributed by atoms with van der Waals surface area (Å²) in [5.74, 6) is 2.06. The summed E-state index contributed by atoms with van der Waals surface area (Å²) >= 11 is 5.13. The molecule has 0 amide bonds. The zero-order valence-electron chi connectivity index (χ0n) is 11.5. The fourth-order valence-corrected chi connectivity index (χ4v) is 2.89. The number of benzene rings is 1. The highest BCUT2D eigenvalue weighted by Crippen LogP contribution is 2.39. The topological polar surface area (TPSA) is 27.7 Å². The highest BCUT2D eigenvalue weighted by atomic mass is 79.9. The Morgan fingerprint density at radius 3 is 2.30 bits per heavy atom. The average Bonchev–Trinajstić information content (AvgIpc) is 3.00. The fourth-order valence-electron chi connectivity index (χ4n) is 1.86. The summed E-state index contributed by atoms with van der Waals surface area (Å²) in [6.07, 6.45) is 0.871. The molecule has 0 spiro atoms. The summed E-state index contributed by atoms with van der Waals surface area (Å²) in [5.41, 5.74) is 2.37. The van der Waals surface area contributed by atoms with Crippen LogP contribution < -0.4 is 14.2 Å². The number of methoxy groups -OCH3 is 2. The lowest BCUT2D eigenvalue weighted by Crippen LogP contribution is -2.04.